The molecule has 0 amide bonds. The van der Waals surface area contributed by atoms with Crippen LogP contribution in [-0.2, 0) is 0 Å². The number of rotatable bonds is 7. The van der Waals surface area contributed by atoms with Crippen LogP contribution in [-0.4, -0.2) is 0 Å². The van der Waals surface area contributed by atoms with Gasteiger partial charge in [-0.05, 0) is 46.0 Å². The smallest absolute Gasteiger partial charge is 0.0283 e. The Bertz CT molecular complexity index is 206. The molecule has 0 saturated carbocycles. The maximum Gasteiger partial charge on any atom is -0.0283 e. The largest absolute Gasteiger partial charge is 0.103 e. The van der Waals surface area contributed by atoms with Crippen molar-refractivity contribution in [1.82, 2.24) is 0 Å². The van der Waals surface area contributed by atoms with Gasteiger partial charge in [0.1, 0.15) is 0 Å². The molecule has 14 heavy (non-hydrogen) atoms. The van der Waals surface area contributed by atoms with Gasteiger partial charge in [-0.25, -0.2) is 0 Å². The van der Waals surface area contributed by atoms with Gasteiger partial charge in [0, 0.05) is 0 Å². The highest BCUT2D eigenvalue weighted by atomic mass is 14.0. The van der Waals surface area contributed by atoms with Crippen LogP contribution >= 0.6 is 0 Å². The lowest BCUT2D eigenvalue weighted by Gasteiger charge is -2.04. The molecule has 0 radical (unpaired) electrons. The Morgan fingerprint density at radius 2 is 1.93 bits per heavy atom. The molecule has 0 spiro atoms. The maximum absolute atomic E-state index is 3.72. The zero-order valence-electron chi connectivity index (χ0n) is 9.97. The predicted molar refractivity (Wildman–Crippen MR) is 66.5 cm³/mol. The third-order valence-corrected chi connectivity index (χ3v) is 2.57. The molecule has 0 aliphatic rings. The van der Waals surface area contributed by atoms with E-state index < -0.39 is 0 Å². The summed E-state index contributed by atoms with van der Waals surface area (Å²) in [5, 5.41) is 0. The molecule has 0 aromatic rings. The summed E-state index contributed by atoms with van der Waals surface area (Å²) in [5.74, 6) is 0. The number of hydrogen-bond donors (Lipinski definition) is 0. The summed E-state index contributed by atoms with van der Waals surface area (Å²) < 4.78 is 0. The lowest BCUT2D eigenvalue weighted by Crippen LogP contribution is -1.83. The minimum Gasteiger partial charge on any atom is -0.103 e. The van der Waals surface area contributed by atoms with Gasteiger partial charge < -0.3 is 0 Å². The van der Waals surface area contributed by atoms with E-state index >= 15 is 0 Å². The van der Waals surface area contributed by atoms with Gasteiger partial charge in [-0.3, -0.25) is 0 Å². The second kappa shape index (κ2) is 8.80. The summed E-state index contributed by atoms with van der Waals surface area (Å²) in [6.45, 7) is 10.3. The van der Waals surface area contributed by atoms with E-state index in [9.17, 15) is 0 Å². The van der Waals surface area contributed by atoms with Crippen molar-refractivity contribution in [3.05, 3.63) is 36.0 Å². The quantitative estimate of drug-likeness (QED) is 0.392. The third kappa shape index (κ3) is 6.71. The fourth-order valence-electron chi connectivity index (χ4n) is 1.43. The summed E-state index contributed by atoms with van der Waals surface area (Å²) in [6, 6.07) is 0. The second-order valence-corrected chi connectivity index (χ2v) is 3.72. The fourth-order valence-corrected chi connectivity index (χ4v) is 1.43. The van der Waals surface area contributed by atoms with Gasteiger partial charge in [-0.2, -0.15) is 0 Å². The van der Waals surface area contributed by atoms with E-state index in [1.807, 2.05) is 6.08 Å². The van der Waals surface area contributed by atoms with Gasteiger partial charge in [0.15, 0.2) is 0 Å². The summed E-state index contributed by atoms with van der Waals surface area (Å²) in [7, 11) is 0. The van der Waals surface area contributed by atoms with Crippen LogP contribution in [0.3, 0.4) is 0 Å². The van der Waals surface area contributed by atoms with E-state index in [0.29, 0.717) is 0 Å². The van der Waals surface area contributed by atoms with Crippen molar-refractivity contribution in [1.29, 1.82) is 0 Å². The molecule has 0 aliphatic carbocycles. The van der Waals surface area contributed by atoms with Crippen molar-refractivity contribution in [3.8, 4) is 0 Å². The van der Waals surface area contributed by atoms with Crippen molar-refractivity contribution in [2.24, 2.45) is 0 Å². The van der Waals surface area contributed by atoms with Gasteiger partial charge in [0.05, 0.1) is 0 Å². The van der Waals surface area contributed by atoms with Crippen molar-refractivity contribution < 1.29 is 0 Å². The maximum atomic E-state index is 3.72. The highest BCUT2D eigenvalue weighted by Gasteiger charge is 1.94. The zero-order chi connectivity index (χ0) is 10.8. The molecule has 0 aromatic heterocycles. The first kappa shape index (κ1) is 13.2. The Labute approximate surface area is 89.4 Å². The Balaban J connectivity index is 3.76. The second-order valence-electron chi connectivity index (χ2n) is 3.72. The molecule has 0 rings (SSSR count). The van der Waals surface area contributed by atoms with Crippen LogP contribution in [0.2, 0.25) is 0 Å². The molecule has 0 heterocycles. The van der Waals surface area contributed by atoms with Crippen molar-refractivity contribution in [3.63, 3.8) is 0 Å². The first-order chi connectivity index (χ1) is 6.74. The highest BCUT2D eigenvalue weighted by molar-refractivity contribution is 5.06. The van der Waals surface area contributed by atoms with Crippen molar-refractivity contribution in [2.45, 2.75) is 52.9 Å². The molecule has 0 nitrogen and oxygen atoms in total. The molecule has 0 saturated heterocycles. The van der Waals surface area contributed by atoms with Gasteiger partial charge in [-0.15, -0.1) is 6.58 Å². The van der Waals surface area contributed by atoms with Crippen LogP contribution in [0.15, 0.2) is 36.0 Å². The Morgan fingerprint density at radius 3 is 2.43 bits per heavy atom. The molecule has 0 aromatic carbocycles. The minimum atomic E-state index is 1.10. The molecule has 80 valence electrons. The first-order valence-corrected chi connectivity index (χ1v) is 5.65. The molecular weight excluding hydrogens is 168 g/mol. The van der Waals surface area contributed by atoms with Gasteiger partial charge in [0.2, 0.25) is 0 Å². The van der Waals surface area contributed by atoms with Crippen LogP contribution in [0.5, 0.6) is 0 Å². The van der Waals surface area contributed by atoms with Crippen LogP contribution in [0.1, 0.15) is 52.9 Å². The average Bonchev–Trinajstić information content (AvgIpc) is 2.20. The van der Waals surface area contributed by atoms with Crippen LogP contribution < -0.4 is 0 Å². The summed E-state index contributed by atoms with van der Waals surface area (Å²) in [4.78, 5) is 0. The molecule has 0 unspecified atom stereocenters. The SMILES string of the molecule is C=CCCC=C(C)CCC(=CC)CC. The number of allylic oxidation sites excluding steroid dienone is 5. The lowest BCUT2D eigenvalue weighted by molar-refractivity contribution is 0.861. The molecule has 0 aliphatic heterocycles. The molecule has 0 N–H and O–H groups in total. The standard InChI is InChI=1S/C14H24/c1-5-8-9-10-13(4)11-12-14(6-2)7-3/h5-6,10H,1,7-9,11-12H2,2-4H3. The summed E-state index contributed by atoms with van der Waals surface area (Å²) in [6.07, 6.45) is 12.4. The summed E-state index contributed by atoms with van der Waals surface area (Å²) in [5.41, 5.74) is 3.08. The van der Waals surface area contributed by atoms with Gasteiger partial charge in [-0.1, -0.05) is 36.3 Å². The first-order valence-electron chi connectivity index (χ1n) is 5.65. The monoisotopic (exact) mass is 192 g/mol. The molecule has 0 atom stereocenters. The zero-order valence-corrected chi connectivity index (χ0v) is 9.97. The highest BCUT2D eigenvalue weighted by Crippen LogP contribution is 2.14. The van der Waals surface area contributed by atoms with Crippen molar-refractivity contribution in [2.75, 3.05) is 0 Å². The van der Waals surface area contributed by atoms with E-state index in [0.717, 1.165) is 12.8 Å². The van der Waals surface area contributed by atoms with Crippen LogP contribution in [0.4, 0.5) is 0 Å². The van der Waals surface area contributed by atoms with Crippen molar-refractivity contribution >= 4 is 0 Å². The Kier molecular flexibility index (Phi) is 8.31. The molecule has 0 bridgehead atoms. The topological polar surface area (TPSA) is 0 Å². The van der Waals surface area contributed by atoms with E-state index in [4.69, 9.17) is 0 Å². The normalized spacial score (nSPS) is 13.1. The summed E-state index contributed by atoms with van der Waals surface area (Å²) >= 11 is 0. The molecular formula is C14H24. The van der Waals surface area contributed by atoms with Crippen LogP contribution in [0.25, 0.3) is 0 Å². The molecule has 0 fully saturated rings. The molecule has 0 heteroatoms. The van der Waals surface area contributed by atoms with Gasteiger partial charge in [0.25, 0.3) is 0 Å². The number of unbranched alkanes of at least 4 members (excludes halogenated alkanes) is 1. The van der Waals surface area contributed by atoms with E-state index in [-0.39, 0.29) is 0 Å². The lowest BCUT2D eigenvalue weighted by atomic mass is 10.0. The third-order valence-electron chi connectivity index (χ3n) is 2.57. The van der Waals surface area contributed by atoms with Crippen LogP contribution in [0, 0.1) is 0 Å². The average molecular weight is 192 g/mol. The van der Waals surface area contributed by atoms with E-state index in [2.05, 4.69) is 39.5 Å². The Morgan fingerprint density at radius 1 is 1.21 bits per heavy atom. The minimum absolute atomic E-state index is 1.10. The van der Waals surface area contributed by atoms with E-state index in [1.54, 1.807) is 5.57 Å². The fraction of sp³-hybridized carbons (Fsp3) is 0.571. The van der Waals surface area contributed by atoms with Gasteiger partial charge >= 0.3 is 0 Å². The van der Waals surface area contributed by atoms with E-state index in [1.165, 1.54) is 24.8 Å². The predicted octanol–water partition coefficient (Wildman–Crippen LogP) is 5.04. The Hall–Kier alpha value is -0.780. The number of hydrogen-bond acceptors (Lipinski definition) is 0.